The minimum atomic E-state index is 0.0219. The van der Waals surface area contributed by atoms with Crippen LogP contribution in [0.3, 0.4) is 0 Å². The van der Waals surface area contributed by atoms with Gasteiger partial charge in [0.05, 0.1) is 12.6 Å². The van der Waals surface area contributed by atoms with E-state index in [1.165, 1.54) is 32.1 Å². The van der Waals surface area contributed by atoms with E-state index in [4.69, 9.17) is 4.74 Å². The summed E-state index contributed by atoms with van der Waals surface area (Å²) in [5.74, 6) is 0.988. The number of methoxy groups -OCH3 is 1. The van der Waals surface area contributed by atoms with Gasteiger partial charge in [-0.05, 0) is 38.6 Å². The number of likely N-dealkylation sites (N-methyl/N-ethyl adjacent to an activating group) is 1. The summed E-state index contributed by atoms with van der Waals surface area (Å²) in [7, 11) is 3.76. The van der Waals surface area contributed by atoms with Gasteiger partial charge in [0.1, 0.15) is 0 Å². The first-order valence-electron chi connectivity index (χ1n) is 8.42. The van der Waals surface area contributed by atoms with Gasteiger partial charge in [-0.3, -0.25) is 4.79 Å². The van der Waals surface area contributed by atoms with Crippen LogP contribution in [0, 0.1) is 5.92 Å². The molecule has 0 bridgehead atoms. The van der Waals surface area contributed by atoms with E-state index in [2.05, 4.69) is 22.6 Å². The Morgan fingerprint density at radius 3 is 2.86 bits per heavy atom. The number of hydrogen-bond donors (Lipinski definition) is 2. The molecule has 5 heteroatoms. The lowest BCUT2D eigenvalue weighted by molar-refractivity contribution is -0.124. The van der Waals surface area contributed by atoms with Gasteiger partial charge in [0.25, 0.3) is 0 Å². The maximum Gasteiger partial charge on any atom is 0.237 e. The highest BCUT2D eigenvalue weighted by Gasteiger charge is 2.34. The maximum atomic E-state index is 12.3. The van der Waals surface area contributed by atoms with Crippen molar-refractivity contribution < 1.29 is 9.53 Å². The van der Waals surface area contributed by atoms with Gasteiger partial charge < -0.3 is 20.3 Å². The lowest BCUT2D eigenvalue weighted by atomic mass is 9.77. The van der Waals surface area contributed by atoms with E-state index in [1.54, 1.807) is 7.11 Å². The Morgan fingerprint density at radius 1 is 1.24 bits per heavy atom. The lowest BCUT2D eigenvalue weighted by Crippen LogP contribution is -2.55. The van der Waals surface area contributed by atoms with Gasteiger partial charge in [-0.2, -0.15) is 0 Å². The lowest BCUT2D eigenvalue weighted by Gasteiger charge is -2.39. The highest BCUT2D eigenvalue weighted by Crippen LogP contribution is 2.32. The zero-order chi connectivity index (χ0) is 15.1. The van der Waals surface area contributed by atoms with Gasteiger partial charge in [-0.15, -0.1) is 0 Å². The highest BCUT2D eigenvalue weighted by atomic mass is 16.5. The summed E-state index contributed by atoms with van der Waals surface area (Å²) in [5, 5.41) is 6.65. The quantitative estimate of drug-likeness (QED) is 0.736. The highest BCUT2D eigenvalue weighted by molar-refractivity contribution is 5.81. The summed E-state index contributed by atoms with van der Waals surface area (Å²) >= 11 is 0. The number of hydrogen-bond acceptors (Lipinski definition) is 4. The zero-order valence-electron chi connectivity index (χ0n) is 13.6. The first kappa shape index (κ1) is 16.7. The monoisotopic (exact) mass is 297 g/mol. The summed E-state index contributed by atoms with van der Waals surface area (Å²) in [4.78, 5) is 14.4. The fraction of sp³-hybridized carbons (Fsp3) is 0.938. The Morgan fingerprint density at radius 2 is 2.05 bits per heavy atom. The SMILES string of the molecule is COCCN(C)CCNC(=O)C1CCC2CCCCC2N1. The van der Waals surface area contributed by atoms with Crippen LogP contribution >= 0.6 is 0 Å². The smallest absolute Gasteiger partial charge is 0.237 e. The summed E-state index contributed by atoms with van der Waals surface area (Å²) in [6, 6.07) is 0.598. The molecule has 0 aromatic carbocycles. The van der Waals surface area contributed by atoms with Crippen molar-refractivity contribution in [3.05, 3.63) is 0 Å². The summed E-state index contributed by atoms with van der Waals surface area (Å²) in [5.41, 5.74) is 0. The number of amides is 1. The molecule has 2 N–H and O–H groups in total. The van der Waals surface area contributed by atoms with E-state index < -0.39 is 0 Å². The molecule has 3 unspecified atom stereocenters. The molecule has 0 radical (unpaired) electrons. The molecule has 3 atom stereocenters. The third kappa shape index (κ3) is 5.24. The second-order valence-corrected chi connectivity index (χ2v) is 6.53. The molecular weight excluding hydrogens is 266 g/mol. The number of fused-ring (bicyclic) bond motifs is 1. The van der Waals surface area contributed by atoms with Crippen LogP contribution in [0.5, 0.6) is 0 Å². The Kier molecular flexibility index (Phi) is 6.93. The zero-order valence-corrected chi connectivity index (χ0v) is 13.6. The number of carbonyl (C=O) groups excluding carboxylic acids is 1. The summed E-state index contributed by atoms with van der Waals surface area (Å²) < 4.78 is 5.05. The summed E-state index contributed by atoms with van der Waals surface area (Å²) in [6.07, 6.45) is 7.47. The fourth-order valence-corrected chi connectivity index (χ4v) is 3.55. The van der Waals surface area contributed by atoms with E-state index in [1.807, 2.05) is 0 Å². The van der Waals surface area contributed by atoms with Crippen molar-refractivity contribution in [3.63, 3.8) is 0 Å². The predicted molar refractivity (Wildman–Crippen MR) is 84.3 cm³/mol. The Labute approximate surface area is 128 Å². The minimum Gasteiger partial charge on any atom is -0.383 e. The van der Waals surface area contributed by atoms with E-state index in [0.29, 0.717) is 12.6 Å². The molecule has 1 heterocycles. The standard InChI is InChI=1S/C16H31N3O2/c1-19(11-12-21-2)10-9-17-16(20)15-8-7-13-5-3-4-6-14(13)18-15/h13-15,18H,3-12H2,1-2H3,(H,17,20). The third-order valence-corrected chi connectivity index (χ3v) is 4.94. The fourth-order valence-electron chi connectivity index (χ4n) is 3.55. The Balaban J connectivity index is 1.64. The molecule has 0 spiro atoms. The molecule has 2 fully saturated rings. The number of piperidine rings is 1. The molecule has 0 aromatic rings. The largest absolute Gasteiger partial charge is 0.383 e. The van der Waals surface area contributed by atoms with Crippen molar-refractivity contribution in [1.82, 2.24) is 15.5 Å². The van der Waals surface area contributed by atoms with E-state index in [0.717, 1.165) is 32.0 Å². The molecule has 1 saturated heterocycles. The first-order chi connectivity index (χ1) is 10.2. The second-order valence-electron chi connectivity index (χ2n) is 6.53. The minimum absolute atomic E-state index is 0.0219. The molecule has 21 heavy (non-hydrogen) atoms. The number of carbonyl (C=O) groups is 1. The van der Waals surface area contributed by atoms with Crippen LogP contribution < -0.4 is 10.6 Å². The number of ether oxygens (including phenoxy) is 1. The third-order valence-electron chi connectivity index (χ3n) is 4.94. The van der Waals surface area contributed by atoms with Crippen LogP contribution in [-0.4, -0.2) is 63.3 Å². The normalized spacial score (nSPS) is 29.2. The average molecular weight is 297 g/mol. The van der Waals surface area contributed by atoms with Crippen LogP contribution in [0.15, 0.2) is 0 Å². The van der Waals surface area contributed by atoms with Gasteiger partial charge in [-0.1, -0.05) is 12.8 Å². The average Bonchev–Trinajstić information content (AvgIpc) is 2.52. The van der Waals surface area contributed by atoms with Crippen molar-refractivity contribution >= 4 is 5.91 Å². The van der Waals surface area contributed by atoms with Crippen molar-refractivity contribution in [2.24, 2.45) is 5.92 Å². The number of nitrogens with one attached hydrogen (secondary N) is 2. The second kappa shape index (κ2) is 8.71. The van der Waals surface area contributed by atoms with Gasteiger partial charge >= 0.3 is 0 Å². The number of rotatable bonds is 7. The van der Waals surface area contributed by atoms with Crippen molar-refractivity contribution in [3.8, 4) is 0 Å². The van der Waals surface area contributed by atoms with Crippen LogP contribution in [0.2, 0.25) is 0 Å². The molecule has 1 aliphatic carbocycles. The van der Waals surface area contributed by atoms with Crippen LogP contribution in [0.1, 0.15) is 38.5 Å². The Hall–Kier alpha value is -0.650. The molecule has 122 valence electrons. The number of nitrogens with zero attached hydrogens (tertiary/aromatic N) is 1. The molecule has 1 amide bonds. The van der Waals surface area contributed by atoms with Crippen molar-refractivity contribution in [1.29, 1.82) is 0 Å². The molecule has 5 nitrogen and oxygen atoms in total. The molecular formula is C16H31N3O2. The molecule has 1 saturated carbocycles. The van der Waals surface area contributed by atoms with Crippen LogP contribution in [-0.2, 0) is 9.53 Å². The summed E-state index contributed by atoms with van der Waals surface area (Å²) in [6.45, 7) is 3.22. The van der Waals surface area contributed by atoms with Crippen molar-refractivity contribution in [2.45, 2.75) is 50.6 Å². The molecule has 2 rings (SSSR count). The predicted octanol–water partition coefficient (Wildman–Crippen LogP) is 0.992. The van der Waals surface area contributed by atoms with Gasteiger partial charge in [0.15, 0.2) is 0 Å². The van der Waals surface area contributed by atoms with E-state index in [9.17, 15) is 4.79 Å². The van der Waals surface area contributed by atoms with Crippen LogP contribution in [0.4, 0.5) is 0 Å². The molecule has 1 aliphatic heterocycles. The van der Waals surface area contributed by atoms with Crippen LogP contribution in [0.25, 0.3) is 0 Å². The Bertz CT molecular complexity index is 325. The van der Waals surface area contributed by atoms with E-state index >= 15 is 0 Å². The molecule has 2 aliphatic rings. The van der Waals surface area contributed by atoms with Gasteiger partial charge in [0, 0.05) is 32.8 Å². The van der Waals surface area contributed by atoms with Gasteiger partial charge in [-0.25, -0.2) is 0 Å². The molecule has 0 aromatic heterocycles. The topological polar surface area (TPSA) is 53.6 Å². The first-order valence-corrected chi connectivity index (χ1v) is 8.42. The van der Waals surface area contributed by atoms with Crippen molar-refractivity contribution in [2.75, 3.05) is 40.4 Å². The maximum absolute atomic E-state index is 12.3. The van der Waals surface area contributed by atoms with Gasteiger partial charge in [0.2, 0.25) is 5.91 Å². The van der Waals surface area contributed by atoms with E-state index in [-0.39, 0.29) is 11.9 Å².